The van der Waals surface area contributed by atoms with E-state index in [1.165, 1.54) is 6.33 Å². The second-order valence-electron chi connectivity index (χ2n) is 8.91. The van der Waals surface area contributed by atoms with Crippen LogP contribution >= 0.6 is 0 Å². The van der Waals surface area contributed by atoms with Gasteiger partial charge < -0.3 is 19.5 Å². The zero-order valence-electron chi connectivity index (χ0n) is 17.8. The largest absolute Gasteiger partial charge is 0.494 e. The topological polar surface area (TPSA) is 76.6 Å². The summed E-state index contributed by atoms with van der Waals surface area (Å²) in [4.78, 5) is 22.9. The van der Waals surface area contributed by atoms with Gasteiger partial charge in [-0.15, -0.1) is 0 Å². The van der Waals surface area contributed by atoms with Crippen molar-refractivity contribution >= 4 is 30.0 Å². The molecule has 1 aromatic heterocycles. The van der Waals surface area contributed by atoms with Gasteiger partial charge in [0.1, 0.15) is 17.8 Å². The lowest BCUT2D eigenvalue weighted by Crippen LogP contribution is -2.41. The molecule has 7 nitrogen and oxygen atoms in total. The number of hydrogen-bond acceptors (Lipinski definition) is 6. The number of aromatic nitrogens is 2. The molecule has 1 aromatic carbocycles. The van der Waals surface area contributed by atoms with E-state index in [1.807, 2.05) is 65.8 Å². The normalized spacial score (nSPS) is 19.8. The van der Waals surface area contributed by atoms with E-state index in [9.17, 15) is 4.79 Å². The summed E-state index contributed by atoms with van der Waals surface area (Å²) in [5.74, 6) is 0.617. The van der Waals surface area contributed by atoms with E-state index in [-0.39, 0.29) is 23.2 Å². The first-order valence-corrected chi connectivity index (χ1v) is 9.96. The summed E-state index contributed by atoms with van der Waals surface area (Å²) in [6.07, 6.45) is 1.43. The van der Waals surface area contributed by atoms with Crippen molar-refractivity contribution in [3.05, 3.63) is 41.9 Å². The van der Waals surface area contributed by atoms with E-state index in [1.54, 1.807) is 4.90 Å². The van der Waals surface area contributed by atoms with Crippen molar-refractivity contribution in [2.45, 2.75) is 65.3 Å². The Bertz CT molecular complexity index is 927. The molecule has 2 aliphatic rings. The van der Waals surface area contributed by atoms with E-state index in [0.29, 0.717) is 18.1 Å². The minimum atomic E-state index is -0.394. The van der Waals surface area contributed by atoms with Crippen molar-refractivity contribution in [1.29, 1.82) is 0 Å². The second kappa shape index (κ2) is 6.81. The Morgan fingerprint density at radius 3 is 2.28 bits per heavy atom. The standard InChI is InChI=1S/C21H27BN4O3/c1-13(2)26-11-16-17(19(26)27)23-12-24-18(16)25-15-9-7-14(8-10-15)22-28-20(3,4)21(5,6)29-22/h7-10,12-13H,11H2,1-6H3,(H,23,24,25). The van der Waals surface area contributed by atoms with Gasteiger partial charge in [-0.05, 0) is 59.1 Å². The fourth-order valence-corrected chi connectivity index (χ4v) is 3.49. The van der Waals surface area contributed by atoms with Crippen molar-refractivity contribution in [3.63, 3.8) is 0 Å². The molecule has 3 heterocycles. The molecule has 1 N–H and O–H groups in total. The molecule has 2 aliphatic heterocycles. The third kappa shape index (κ3) is 3.40. The van der Waals surface area contributed by atoms with E-state index >= 15 is 0 Å². The van der Waals surface area contributed by atoms with Gasteiger partial charge in [-0.25, -0.2) is 9.97 Å². The maximum absolute atomic E-state index is 12.5. The average Bonchev–Trinajstić information content (AvgIpc) is 3.10. The number of carbonyl (C=O) groups is 1. The van der Waals surface area contributed by atoms with Crippen LogP contribution in [-0.2, 0) is 15.9 Å². The summed E-state index contributed by atoms with van der Waals surface area (Å²) in [6, 6.07) is 8.01. The number of anilines is 2. The lowest BCUT2D eigenvalue weighted by Gasteiger charge is -2.32. The van der Waals surface area contributed by atoms with E-state index in [4.69, 9.17) is 9.31 Å². The van der Waals surface area contributed by atoms with Crippen molar-refractivity contribution < 1.29 is 14.1 Å². The number of amides is 1. The molecule has 2 aromatic rings. The van der Waals surface area contributed by atoms with Crippen LogP contribution in [0.25, 0.3) is 0 Å². The van der Waals surface area contributed by atoms with Gasteiger partial charge in [0.2, 0.25) is 0 Å². The number of nitrogens with zero attached hydrogens (tertiary/aromatic N) is 3. The molecule has 0 atom stereocenters. The smallest absolute Gasteiger partial charge is 0.399 e. The van der Waals surface area contributed by atoms with Crippen LogP contribution in [-0.4, -0.2) is 45.1 Å². The van der Waals surface area contributed by atoms with Crippen LogP contribution in [0.5, 0.6) is 0 Å². The first-order valence-electron chi connectivity index (χ1n) is 9.96. The van der Waals surface area contributed by atoms with Gasteiger partial charge >= 0.3 is 7.12 Å². The fraction of sp³-hybridized carbons (Fsp3) is 0.476. The lowest BCUT2D eigenvalue weighted by molar-refractivity contribution is 0.00578. The molecule has 1 fully saturated rings. The maximum atomic E-state index is 12.5. The molecule has 1 saturated heterocycles. The second-order valence-corrected chi connectivity index (χ2v) is 8.91. The Morgan fingerprint density at radius 2 is 1.69 bits per heavy atom. The first-order chi connectivity index (χ1) is 13.6. The molecule has 0 bridgehead atoms. The Kier molecular flexibility index (Phi) is 4.66. The van der Waals surface area contributed by atoms with Crippen LogP contribution < -0.4 is 10.8 Å². The Morgan fingerprint density at radius 1 is 1.07 bits per heavy atom. The predicted octanol–water partition coefficient (Wildman–Crippen LogP) is 2.88. The monoisotopic (exact) mass is 394 g/mol. The quantitative estimate of drug-likeness (QED) is 0.804. The van der Waals surface area contributed by atoms with Crippen molar-refractivity contribution in [2.75, 3.05) is 5.32 Å². The van der Waals surface area contributed by atoms with Crippen molar-refractivity contribution in [3.8, 4) is 0 Å². The van der Waals surface area contributed by atoms with Crippen LogP contribution in [0.3, 0.4) is 0 Å². The van der Waals surface area contributed by atoms with Gasteiger partial charge in [-0.1, -0.05) is 12.1 Å². The van der Waals surface area contributed by atoms with Crippen LogP contribution in [0.2, 0.25) is 0 Å². The zero-order valence-corrected chi connectivity index (χ0v) is 17.8. The SMILES string of the molecule is CC(C)N1Cc2c(Nc3ccc(B4OC(C)(C)C(C)(C)O4)cc3)ncnc2C1=O. The van der Waals surface area contributed by atoms with Gasteiger partial charge in [0.25, 0.3) is 5.91 Å². The highest BCUT2D eigenvalue weighted by Crippen LogP contribution is 2.36. The van der Waals surface area contributed by atoms with E-state index < -0.39 is 7.12 Å². The molecule has 1 amide bonds. The third-order valence-corrected chi connectivity index (χ3v) is 6.06. The van der Waals surface area contributed by atoms with Crippen LogP contribution in [0.1, 0.15) is 57.6 Å². The Balaban J connectivity index is 1.53. The molecule has 152 valence electrons. The molecule has 0 unspecified atom stereocenters. The molecular formula is C21H27BN4O3. The van der Waals surface area contributed by atoms with Gasteiger partial charge in [0, 0.05) is 17.3 Å². The number of fused-ring (bicyclic) bond motifs is 1. The summed E-state index contributed by atoms with van der Waals surface area (Å²) in [5.41, 5.74) is 2.41. The number of carbonyl (C=O) groups excluding carboxylic acids is 1. The molecule has 29 heavy (non-hydrogen) atoms. The highest BCUT2D eigenvalue weighted by atomic mass is 16.7. The summed E-state index contributed by atoms with van der Waals surface area (Å²) in [5, 5.41) is 3.32. The highest BCUT2D eigenvalue weighted by molar-refractivity contribution is 6.62. The summed E-state index contributed by atoms with van der Waals surface area (Å²) in [7, 11) is -0.394. The molecule has 0 saturated carbocycles. The van der Waals surface area contributed by atoms with Gasteiger partial charge in [-0.3, -0.25) is 4.79 Å². The number of rotatable bonds is 4. The Labute approximate surface area is 172 Å². The summed E-state index contributed by atoms with van der Waals surface area (Å²) < 4.78 is 12.2. The summed E-state index contributed by atoms with van der Waals surface area (Å²) >= 11 is 0. The van der Waals surface area contributed by atoms with Crippen molar-refractivity contribution in [2.24, 2.45) is 0 Å². The van der Waals surface area contributed by atoms with Gasteiger partial charge in [0.15, 0.2) is 0 Å². The number of nitrogens with one attached hydrogen (secondary N) is 1. The molecular weight excluding hydrogens is 367 g/mol. The average molecular weight is 394 g/mol. The van der Waals surface area contributed by atoms with Crippen LogP contribution in [0.15, 0.2) is 30.6 Å². The van der Waals surface area contributed by atoms with Crippen molar-refractivity contribution in [1.82, 2.24) is 14.9 Å². The molecule has 0 aliphatic carbocycles. The maximum Gasteiger partial charge on any atom is 0.494 e. The van der Waals surface area contributed by atoms with E-state index in [0.717, 1.165) is 16.7 Å². The summed E-state index contributed by atoms with van der Waals surface area (Å²) in [6.45, 7) is 12.7. The molecule has 8 heteroatoms. The van der Waals surface area contributed by atoms with Crippen LogP contribution in [0, 0.1) is 0 Å². The number of benzene rings is 1. The number of hydrogen-bond donors (Lipinski definition) is 1. The van der Waals surface area contributed by atoms with Gasteiger partial charge in [-0.2, -0.15) is 0 Å². The Hall–Kier alpha value is -2.45. The highest BCUT2D eigenvalue weighted by Gasteiger charge is 2.51. The fourth-order valence-electron chi connectivity index (χ4n) is 3.49. The lowest BCUT2D eigenvalue weighted by atomic mass is 9.79. The molecule has 0 spiro atoms. The minimum Gasteiger partial charge on any atom is -0.399 e. The minimum absolute atomic E-state index is 0.0449. The molecule has 4 rings (SSSR count). The third-order valence-electron chi connectivity index (χ3n) is 6.06. The first kappa shape index (κ1) is 19.9. The zero-order chi connectivity index (χ0) is 21.0. The van der Waals surface area contributed by atoms with Crippen LogP contribution in [0.4, 0.5) is 11.5 Å². The predicted molar refractivity (Wildman–Crippen MR) is 112 cm³/mol. The van der Waals surface area contributed by atoms with E-state index in [2.05, 4.69) is 15.3 Å². The molecule has 0 radical (unpaired) electrons. The van der Waals surface area contributed by atoms with Gasteiger partial charge in [0.05, 0.1) is 17.7 Å².